The van der Waals surface area contributed by atoms with Crippen LogP contribution in [-0.2, 0) is 4.74 Å². The maximum Gasteiger partial charge on any atom is 0.412 e. The van der Waals surface area contributed by atoms with Crippen molar-refractivity contribution in [3.05, 3.63) is 23.8 Å². The molecule has 1 aromatic carbocycles. The topological polar surface area (TPSA) is 82.3 Å². The summed E-state index contributed by atoms with van der Waals surface area (Å²) in [7, 11) is 0. The van der Waals surface area contributed by atoms with Crippen LogP contribution in [0.15, 0.2) is 18.2 Å². The number of amides is 1. The van der Waals surface area contributed by atoms with Crippen molar-refractivity contribution in [2.45, 2.75) is 26.4 Å². The Morgan fingerprint density at radius 3 is 2.65 bits per heavy atom. The lowest BCUT2D eigenvalue weighted by atomic mass is 10.2. The number of nitrogens with zero attached hydrogens (tertiary/aromatic N) is 1. The summed E-state index contributed by atoms with van der Waals surface area (Å²) in [6.07, 6.45) is -0.678. The van der Waals surface area contributed by atoms with Crippen LogP contribution in [0.25, 0.3) is 0 Å². The summed E-state index contributed by atoms with van der Waals surface area (Å²) >= 11 is 0. The Morgan fingerprint density at radius 1 is 1.47 bits per heavy atom. The van der Waals surface area contributed by atoms with Crippen molar-refractivity contribution in [3.8, 4) is 11.8 Å². The van der Waals surface area contributed by atoms with Crippen LogP contribution >= 0.6 is 0 Å². The van der Waals surface area contributed by atoms with Gasteiger partial charge in [0, 0.05) is 0 Å². The van der Waals surface area contributed by atoms with E-state index in [0.29, 0.717) is 0 Å². The van der Waals surface area contributed by atoms with Gasteiger partial charge in [-0.1, -0.05) is 6.07 Å². The van der Waals surface area contributed by atoms with Crippen molar-refractivity contribution in [2.24, 2.45) is 0 Å². The minimum atomic E-state index is -0.678. The molecule has 0 radical (unpaired) electrons. The van der Waals surface area contributed by atoms with Gasteiger partial charge >= 0.3 is 6.09 Å². The van der Waals surface area contributed by atoms with E-state index in [1.54, 1.807) is 26.8 Å². The fourth-order valence-electron chi connectivity index (χ4n) is 1.15. The fraction of sp³-hybridized carbons (Fsp3) is 0.333. The van der Waals surface area contributed by atoms with Gasteiger partial charge in [-0.3, -0.25) is 5.32 Å². The van der Waals surface area contributed by atoms with E-state index in [9.17, 15) is 9.90 Å². The summed E-state index contributed by atoms with van der Waals surface area (Å²) in [6.45, 7) is 5.20. The highest BCUT2D eigenvalue weighted by Gasteiger charge is 2.17. The van der Waals surface area contributed by atoms with E-state index in [0.717, 1.165) is 0 Å². The van der Waals surface area contributed by atoms with Crippen molar-refractivity contribution < 1.29 is 14.6 Å². The van der Waals surface area contributed by atoms with Crippen LogP contribution in [0.4, 0.5) is 10.5 Å². The molecule has 0 spiro atoms. The number of hydrogen-bond donors (Lipinski definition) is 2. The molecule has 5 nitrogen and oxygen atoms in total. The average Bonchev–Trinajstić information content (AvgIpc) is 2.18. The van der Waals surface area contributed by atoms with Crippen LogP contribution in [0.1, 0.15) is 26.3 Å². The zero-order valence-corrected chi connectivity index (χ0v) is 9.94. The summed E-state index contributed by atoms with van der Waals surface area (Å²) in [5.74, 6) is -0.263. The monoisotopic (exact) mass is 234 g/mol. The number of carbonyl (C=O) groups is 1. The number of rotatable bonds is 1. The van der Waals surface area contributed by atoms with Gasteiger partial charge < -0.3 is 9.84 Å². The van der Waals surface area contributed by atoms with Crippen LogP contribution in [0, 0.1) is 11.3 Å². The zero-order valence-electron chi connectivity index (χ0n) is 9.94. The molecule has 0 atom stereocenters. The Labute approximate surface area is 99.6 Å². The average molecular weight is 234 g/mol. The predicted octanol–water partition coefficient (Wildman–Crippen LogP) is 2.61. The SMILES string of the molecule is CC(C)(C)OC(=O)Nc1cccc(C#N)c1O. The van der Waals surface area contributed by atoms with Crippen LogP contribution in [0.5, 0.6) is 5.75 Å². The summed E-state index contributed by atoms with van der Waals surface area (Å²) < 4.78 is 5.03. The number of benzene rings is 1. The van der Waals surface area contributed by atoms with Crippen LogP contribution in [-0.4, -0.2) is 16.8 Å². The number of phenolic OH excluding ortho intramolecular Hbond substituents is 1. The van der Waals surface area contributed by atoms with Gasteiger partial charge in [-0.15, -0.1) is 0 Å². The molecule has 90 valence electrons. The molecule has 0 aliphatic heterocycles. The number of nitriles is 1. The number of aromatic hydroxyl groups is 1. The maximum absolute atomic E-state index is 11.5. The third-order valence-corrected chi connectivity index (χ3v) is 1.79. The second-order valence-corrected chi connectivity index (χ2v) is 4.44. The van der Waals surface area contributed by atoms with Crippen molar-refractivity contribution in [3.63, 3.8) is 0 Å². The van der Waals surface area contributed by atoms with E-state index in [1.807, 2.05) is 6.07 Å². The normalized spacial score (nSPS) is 10.5. The molecule has 1 aromatic rings. The first kappa shape index (κ1) is 12.8. The Balaban J connectivity index is 2.83. The first-order valence-corrected chi connectivity index (χ1v) is 5.05. The summed E-state index contributed by atoms with van der Waals surface area (Å²) in [6, 6.07) is 6.32. The van der Waals surface area contributed by atoms with Crippen LogP contribution in [0.3, 0.4) is 0 Å². The van der Waals surface area contributed by atoms with E-state index in [2.05, 4.69) is 5.32 Å². The number of phenols is 1. The van der Waals surface area contributed by atoms with Crippen LogP contribution < -0.4 is 5.32 Å². The van der Waals surface area contributed by atoms with Gasteiger partial charge in [-0.2, -0.15) is 5.26 Å². The lowest BCUT2D eigenvalue weighted by Gasteiger charge is -2.19. The van der Waals surface area contributed by atoms with Gasteiger partial charge in [0.05, 0.1) is 11.3 Å². The number of ether oxygens (including phenoxy) is 1. The molecule has 0 heterocycles. The third-order valence-electron chi connectivity index (χ3n) is 1.79. The molecular formula is C12H14N2O3. The Kier molecular flexibility index (Phi) is 3.59. The van der Waals surface area contributed by atoms with Crippen molar-refractivity contribution in [1.29, 1.82) is 5.26 Å². The van der Waals surface area contributed by atoms with Gasteiger partial charge in [0.2, 0.25) is 0 Å². The molecule has 0 aliphatic carbocycles. The number of carbonyl (C=O) groups excluding carboxylic acids is 1. The van der Waals surface area contributed by atoms with Crippen molar-refractivity contribution in [2.75, 3.05) is 5.32 Å². The molecule has 1 rings (SSSR count). The smallest absolute Gasteiger partial charge is 0.412 e. The van der Waals surface area contributed by atoms with Gasteiger partial charge in [-0.05, 0) is 32.9 Å². The summed E-state index contributed by atoms with van der Waals surface area (Å²) in [5.41, 5.74) is -0.371. The first-order chi connectivity index (χ1) is 7.83. The minimum Gasteiger partial charge on any atom is -0.504 e. The fourth-order valence-corrected chi connectivity index (χ4v) is 1.15. The van der Waals surface area contributed by atoms with Crippen molar-refractivity contribution in [1.82, 2.24) is 0 Å². The first-order valence-electron chi connectivity index (χ1n) is 5.05. The maximum atomic E-state index is 11.5. The third kappa shape index (κ3) is 3.68. The van der Waals surface area contributed by atoms with Crippen LogP contribution in [0.2, 0.25) is 0 Å². The van der Waals surface area contributed by atoms with Gasteiger partial charge in [0.15, 0.2) is 5.75 Å². The van der Waals surface area contributed by atoms with E-state index in [1.165, 1.54) is 12.1 Å². The largest absolute Gasteiger partial charge is 0.504 e. The van der Waals surface area contributed by atoms with E-state index >= 15 is 0 Å². The molecule has 1 amide bonds. The number of anilines is 1. The molecule has 0 saturated carbocycles. The lowest BCUT2D eigenvalue weighted by molar-refractivity contribution is 0.0635. The standard InChI is InChI=1S/C12H14N2O3/c1-12(2,3)17-11(16)14-9-6-4-5-8(7-13)10(9)15/h4-6,15H,1-3H3,(H,14,16). The zero-order chi connectivity index (χ0) is 13.1. The molecule has 0 fully saturated rings. The quantitative estimate of drug-likeness (QED) is 0.732. The van der Waals surface area contributed by atoms with E-state index in [4.69, 9.17) is 10.00 Å². The van der Waals surface area contributed by atoms with Gasteiger partial charge in [0.25, 0.3) is 0 Å². The molecule has 0 aliphatic rings. The summed E-state index contributed by atoms with van der Waals surface area (Å²) in [4.78, 5) is 11.5. The highest BCUT2D eigenvalue weighted by atomic mass is 16.6. The molecule has 5 heteroatoms. The molecular weight excluding hydrogens is 220 g/mol. The second-order valence-electron chi connectivity index (χ2n) is 4.44. The van der Waals surface area contributed by atoms with E-state index < -0.39 is 11.7 Å². The number of nitrogens with one attached hydrogen (secondary N) is 1. The molecule has 0 unspecified atom stereocenters. The number of hydrogen-bond acceptors (Lipinski definition) is 4. The van der Waals surface area contributed by atoms with Gasteiger partial charge in [0.1, 0.15) is 11.7 Å². The molecule has 17 heavy (non-hydrogen) atoms. The molecule has 0 bridgehead atoms. The van der Waals surface area contributed by atoms with Gasteiger partial charge in [-0.25, -0.2) is 4.79 Å². The molecule has 0 saturated heterocycles. The second kappa shape index (κ2) is 4.74. The molecule has 2 N–H and O–H groups in total. The Bertz CT molecular complexity index is 470. The lowest BCUT2D eigenvalue weighted by Crippen LogP contribution is -2.27. The summed E-state index contributed by atoms with van der Waals surface area (Å²) in [5, 5.41) is 20.7. The van der Waals surface area contributed by atoms with Crippen molar-refractivity contribution >= 4 is 11.8 Å². The Morgan fingerprint density at radius 2 is 2.12 bits per heavy atom. The predicted molar refractivity (Wildman–Crippen MR) is 62.7 cm³/mol. The minimum absolute atomic E-state index is 0.0959. The Hall–Kier alpha value is -2.22. The highest BCUT2D eigenvalue weighted by molar-refractivity contribution is 5.87. The number of para-hydroxylation sites is 1. The molecule has 0 aromatic heterocycles. The highest BCUT2D eigenvalue weighted by Crippen LogP contribution is 2.27. The van der Waals surface area contributed by atoms with E-state index in [-0.39, 0.29) is 17.0 Å².